The number of carbonyl (C=O) groups is 1. The minimum Gasteiger partial charge on any atom is -0.376 e. The Morgan fingerprint density at radius 2 is 2.00 bits per heavy atom. The molecule has 0 fully saturated rings. The van der Waals surface area contributed by atoms with Crippen molar-refractivity contribution in [3.63, 3.8) is 0 Å². The maximum absolute atomic E-state index is 11.6. The molecule has 23 heavy (non-hydrogen) atoms. The van der Waals surface area contributed by atoms with E-state index in [1.165, 1.54) is 24.4 Å². The average Bonchev–Trinajstić information content (AvgIpc) is 2.55. The van der Waals surface area contributed by atoms with Gasteiger partial charge in [0, 0.05) is 28.4 Å². The van der Waals surface area contributed by atoms with Gasteiger partial charge in [0.25, 0.3) is 11.6 Å². The SMILES string of the molecule is O=C(CNc1ccccc1)N/N=C\c1cc([N+](=O)[O-])ccc1Cl. The number of nitro benzene ring substituents is 1. The molecule has 0 radical (unpaired) electrons. The van der Waals surface area contributed by atoms with Crippen molar-refractivity contribution in [2.75, 3.05) is 11.9 Å². The Morgan fingerprint density at radius 3 is 2.70 bits per heavy atom. The van der Waals surface area contributed by atoms with Gasteiger partial charge >= 0.3 is 0 Å². The zero-order chi connectivity index (χ0) is 16.7. The molecular formula is C15H13ClN4O3. The maximum atomic E-state index is 11.6. The van der Waals surface area contributed by atoms with Gasteiger partial charge in [-0.15, -0.1) is 0 Å². The Kier molecular flexibility index (Phi) is 5.65. The molecule has 2 N–H and O–H groups in total. The largest absolute Gasteiger partial charge is 0.376 e. The Morgan fingerprint density at radius 1 is 1.26 bits per heavy atom. The van der Waals surface area contributed by atoms with Gasteiger partial charge in [-0.3, -0.25) is 14.9 Å². The number of hydrazone groups is 1. The van der Waals surface area contributed by atoms with Gasteiger partial charge in [-0.05, 0) is 18.2 Å². The van der Waals surface area contributed by atoms with Crippen molar-refractivity contribution in [3.8, 4) is 0 Å². The number of hydrogen-bond acceptors (Lipinski definition) is 5. The second-order valence-corrected chi connectivity index (χ2v) is 4.88. The molecule has 1 amide bonds. The number of halogens is 1. The molecule has 0 aliphatic carbocycles. The second kappa shape index (κ2) is 7.90. The summed E-state index contributed by atoms with van der Waals surface area (Å²) in [5.74, 6) is -0.355. The zero-order valence-electron chi connectivity index (χ0n) is 11.9. The molecule has 0 unspecified atom stereocenters. The van der Waals surface area contributed by atoms with Gasteiger partial charge in [-0.2, -0.15) is 5.10 Å². The van der Waals surface area contributed by atoms with Crippen LogP contribution in [0.25, 0.3) is 0 Å². The van der Waals surface area contributed by atoms with E-state index in [2.05, 4.69) is 15.8 Å². The third kappa shape index (κ3) is 5.08. The summed E-state index contributed by atoms with van der Waals surface area (Å²) < 4.78 is 0. The molecule has 0 heterocycles. The number of rotatable bonds is 6. The van der Waals surface area contributed by atoms with Crippen molar-refractivity contribution in [1.29, 1.82) is 0 Å². The van der Waals surface area contributed by atoms with E-state index in [0.29, 0.717) is 10.6 Å². The molecule has 2 aromatic rings. The van der Waals surface area contributed by atoms with Crippen LogP contribution in [0.2, 0.25) is 5.02 Å². The summed E-state index contributed by atoms with van der Waals surface area (Å²) in [5.41, 5.74) is 3.37. The molecule has 0 spiro atoms. The summed E-state index contributed by atoms with van der Waals surface area (Å²) >= 11 is 5.92. The van der Waals surface area contributed by atoms with Crippen LogP contribution < -0.4 is 10.7 Å². The van der Waals surface area contributed by atoms with E-state index in [1.54, 1.807) is 0 Å². The van der Waals surface area contributed by atoms with Crippen molar-refractivity contribution in [1.82, 2.24) is 5.43 Å². The summed E-state index contributed by atoms with van der Waals surface area (Å²) in [4.78, 5) is 21.8. The number of nitrogens with zero attached hydrogens (tertiary/aromatic N) is 2. The predicted octanol–water partition coefficient (Wildman–Crippen LogP) is 2.81. The summed E-state index contributed by atoms with van der Waals surface area (Å²) in [7, 11) is 0. The smallest absolute Gasteiger partial charge is 0.270 e. The predicted molar refractivity (Wildman–Crippen MR) is 88.8 cm³/mol. The fourth-order valence-electron chi connectivity index (χ4n) is 1.70. The van der Waals surface area contributed by atoms with Crippen LogP contribution in [0.5, 0.6) is 0 Å². The second-order valence-electron chi connectivity index (χ2n) is 4.48. The number of nitro groups is 1. The van der Waals surface area contributed by atoms with E-state index in [-0.39, 0.29) is 18.1 Å². The van der Waals surface area contributed by atoms with Crippen LogP contribution >= 0.6 is 11.6 Å². The van der Waals surface area contributed by atoms with Crippen molar-refractivity contribution in [3.05, 3.63) is 69.2 Å². The Hall–Kier alpha value is -2.93. The Balaban J connectivity index is 1.90. The topological polar surface area (TPSA) is 96.6 Å². The number of carbonyl (C=O) groups excluding carboxylic acids is 1. The highest BCUT2D eigenvalue weighted by Crippen LogP contribution is 2.20. The van der Waals surface area contributed by atoms with Crippen LogP contribution in [-0.4, -0.2) is 23.6 Å². The van der Waals surface area contributed by atoms with Crippen LogP contribution in [0.4, 0.5) is 11.4 Å². The molecule has 0 aliphatic rings. The van der Waals surface area contributed by atoms with Gasteiger partial charge in [0.15, 0.2) is 0 Å². The van der Waals surface area contributed by atoms with Gasteiger partial charge in [0.05, 0.1) is 17.7 Å². The molecule has 0 bridgehead atoms. The molecule has 0 atom stereocenters. The third-order valence-electron chi connectivity index (χ3n) is 2.81. The van der Waals surface area contributed by atoms with Crippen molar-refractivity contribution in [2.24, 2.45) is 5.10 Å². The molecular weight excluding hydrogens is 320 g/mol. The Bertz CT molecular complexity index is 735. The summed E-state index contributed by atoms with van der Waals surface area (Å²) in [6.45, 7) is 0.0457. The number of benzene rings is 2. The third-order valence-corrected chi connectivity index (χ3v) is 3.15. The lowest BCUT2D eigenvalue weighted by Gasteiger charge is -2.04. The molecule has 0 aliphatic heterocycles. The van der Waals surface area contributed by atoms with Crippen LogP contribution in [-0.2, 0) is 4.79 Å². The number of amides is 1. The van der Waals surface area contributed by atoms with Gasteiger partial charge in [-0.1, -0.05) is 29.8 Å². The lowest BCUT2D eigenvalue weighted by Crippen LogP contribution is -2.25. The molecule has 7 nitrogen and oxygen atoms in total. The zero-order valence-corrected chi connectivity index (χ0v) is 12.7. The lowest BCUT2D eigenvalue weighted by molar-refractivity contribution is -0.384. The van der Waals surface area contributed by atoms with E-state index < -0.39 is 4.92 Å². The first-order valence-corrected chi connectivity index (χ1v) is 6.99. The van der Waals surface area contributed by atoms with Gasteiger partial charge < -0.3 is 5.32 Å². The fraction of sp³-hybridized carbons (Fsp3) is 0.0667. The number of anilines is 1. The molecule has 8 heteroatoms. The van der Waals surface area contributed by atoms with Crippen molar-refractivity contribution >= 4 is 35.1 Å². The molecule has 118 valence electrons. The monoisotopic (exact) mass is 332 g/mol. The first-order chi connectivity index (χ1) is 11.1. The molecule has 2 rings (SSSR count). The summed E-state index contributed by atoms with van der Waals surface area (Å²) in [6, 6.07) is 13.2. The minimum absolute atomic E-state index is 0.0457. The van der Waals surface area contributed by atoms with Crippen molar-refractivity contribution < 1.29 is 9.72 Å². The van der Waals surface area contributed by atoms with Gasteiger partial charge in [0.1, 0.15) is 0 Å². The first-order valence-electron chi connectivity index (χ1n) is 6.61. The van der Waals surface area contributed by atoms with Crippen LogP contribution in [0.3, 0.4) is 0 Å². The molecule has 0 saturated heterocycles. The maximum Gasteiger partial charge on any atom is 0.270 e. The molecule has 0 aromatic heterocycles. The van der Waals surface area contributed by atoms with Crippen LogP contribution in [0.1, 0.15) is 5.56 Å². The van der Waals surface area contributed by atoms with Gasteiger partial charge in [-0.25, -0.2) is 5.43 Å². The van der Waals surface area contributed by atoms with E-state index in [4.69, 9.17) is 11.6 Å². The van der Waals surface area contributed by atoms with Crippen LogP contribution in [0, 0.1) is 10.1 Å². The van der Waals surface area contributed by atoms with E-state index >= 15 is 0 Å². The summed E-state index contributed by atoms with van der Waals surface area (Å²) in [5, 5.41) is 17.7. The molecule has 2 aromatic carbocycles. The lowest BCUT2D eigenvalue weighted by atomic mass is 10.2. The highest BCUT2D eigenvalue weighted by atomic mass is 35.5. The number of nitrogens with one attached hydrogen (secondary N) is 2. The molecule has 0 saturated carbocycles. The minimum atomic E-state index is -0.532. The number of hydrogen-bond donors (Lipinski definition) is 2. The van der Waals surface area contributed by atoms with Crippen molar-refractivity contribution in [2.45, 2.75) is 0 Å². The standard InChI is InChI=1S/C15H13ClN4O3/c16-14-7-6-13(20(22)23)8-11(14)9-18-19-15(21)10-17-12-4-2-1-3-5-12/h1-9,17H,10H2,(H,19,21)/b18-9-. The summed E-state index contributed by atoms with van der Waals surface area (Å²) in [6.07, 6.45) is 1.26. The van der Waals surface area contributed by atoms with E-state index in [1.807, 2.05) is 30.3 Å². The van der Waals surface area contributed by atoms with Gasteiger partial charge in [0.2, 0.25) is 0 Å². The number of para-hydroxylation sites is 1. The first kappa shape index (κ1) is 16.4. The number of non-ortho nitro benzene ring substituents is 1. The quantitative estimate of drug-likeness (QED) is 0.483. The highest BCUT2D eigenvalue weighted by Gasteiger charge is 2.08. The fourth-order valence-corrected chi connectivity index (χ4v) is 1.86. The van der Waals surface area contributed by atoms with E-state index in [0.717, 1.165) is 5.69 Å². The van der Waals surface area contributed by atoms with Crippen LogP contribution in [0.15, 0.2) is 53.6 Å². The normalized spacial score (nSPS) is 10.5. The highest BCUT2D eigenvalue weighted by molar-refractivity contribution is 6.33. The average molecular weight is 333 g/mol. The Labute approximate surface area is 137 Å². The van der Waals surface area contributed by atoms with E-state index in [9.17, 15) is 14.9 Å².